The number of likely N-dealkylation sites (tertiary alicyclic amines) is 1. The van der Waals surface area contributed by atoms with Crippen molar-refractivity contribution in [3.05, 3.63) is 35.9 Å². The molecule has 0 aliphatic carbocycles. The third-order valence-electron chi connectivity index (χ3n) is 5.91. The maximum Gasteiger partial charge on any atom is 0.316 e. The van der Waals surface area contributed by atoms with Crippen molar-refractivity contribution in [2.24, 2.45) is 0 Å². The van der Waals surface area contributed by atoms with Gasteiger partial charge in [0.2, 0.25) is 0 Å². The van der Waals surface area contributed by atoms with Crippen LogP contribution in [0.15, 0.2) is 24.4 Å². The molecule has 0 amide bonds. The number of piperidine rings is 1. The lowest BCUT2D eigenvalue weighted by Gasteiger charge is -2.30. The van der Waals surface area contributed by atoms with Crippen LogP contribution in [0.3, 0.4) is 0 Å². The third kappa shape index (κ3) is 3.74. The van der Waals surface area contributed by atoms with E-state index in [9.17, 15) is 0 Å². The highest BCUT2D eigenvalue weighted by Gasteiger charge is 2.26. The van der Waals surface area contributed by atoms with Gasteiger partial charge in [-0.2, -0.15) is 9.50 Å². The van der Waals surface area contributed by atoms with E-state index in [1.165, 1.54) is 12.8 Å². The topological polar surface area (TPSA) is 84.6 Å². The van der Waals surface area contributed by atoms with E-state index in [1.54, 1.807) is 13.3 Å². The van der Waals surface area contributed by atoms with Crippen LogP contribution in [-0.2, 0) is 6.54 Å². The number of hydrogen-bond donors (Lipinski definition) is 0. The first-order valence-electron chi connectivity index (χ1n) is 10.4. The summed E-state index contributed by atoms with van der Waals surface area (Å²) in [5, 5.41) is 13.7. The zero-order valence-electron chi connectivity index (χ0n) is 16.7. The quantitative estimate of drug-likeness (QED) is 0.649. The van der Waals surface area contributed by atoms with Gasteiger partial charge in [-0.3, -0.25) is 4.90 Å². The zero-order chi connectivity index (χ0) is 19.6. The fourth-order valence-electron chi connectivity index (χ4n) is 4.31. The molecule has 2 fully saturated rings. The molecule has 2 aliphatic heterocycles. The Labute approximate surface area is 169 Å². The van der Waals surface area contributed by atoms with E-state index in [-0.39, 0.29) is 0 Å². The van der Waals surface area contributed by atoms with Gasteiger partial charge in [0.05, 0.1) is 12.8 Å². The summed E-state index contributed by atoms with van der Waals surface area (Å²) in [4.78, 5) is 13.3. The SMILES string of the molecule is COc1nccc(CN2CCC(c3nnc4ccc(N5CCCC5)nn34)CC2)n1. The largest absolute Gasteiger partial charge is 0.467 e. The van der Waals surface area contributed by atoms with E-state index in [0.717, 1.165) is 68.5 Å². The van der Waals surface area contributed by atoms with Crippen molar-refractivity contribution in [2.75, 3.05) is 38.2 Å². The molecule has 0 radical (unpaired) electrons. The molecule has 0 atom stereocenters. The van der Waals surface area contributed by atoms with Crippen LogP contribution in [-0.4, -0.2) is 68.0 Å². The molecular formula is C20H26N8O. The third-order valence-corrected chi connectivity index (χ3v) is 5.91. The summed E-state index contributed by atoms with van der Waals surface area (Å²) in [6, 6.07) is 6.48. The molecule has 0 N–H and O–H groups in total. The molecular weight excluding hydrogens is 368 g/mol. The molecule has 5 heterocycles. The van der Waals surface area contributed by atoms with E-state index in [4.69, 9.17) is 9.84 Å². The summed E-state index contributed by atoms with van der Waals surface area (Å²) in [5.41, 5.74) is 1.82. The van der Waals surface area contributed by atoms with Gasteiger partial charge in [0.25, 0.3) is 0 Å². The number of fused-ring (bicyclic) bond motifs is 1. The van der Waals surface area contributed by atoms with E-state index in [0.29, 0.717) is 11.9 Å². The Kier molecular flexibility index (Phi) is 4.97. The van der Waals surface area contributed by atoms with Crippen molar-refractivity contribution in [1.82, 2.24) is 34.7 Å². The Bertz CT molecular complexity index is 976. The summed E-state index contributed by atoms with van der Waals surface area (Å²) < 4.78 is 7.09. The molecule has 3 aromatic heterocycles. The van der Waals surface area contributed by atoms with Gasteiger partial charge < -0.3 is 9.64 Å². The molecule has 5 rings (SSSR count). The Hall–Kier alpha value is -2.81. The fourth-order valence-corrected chi connectivity index (χ4v) is 4.31. The second-order valence-electron chi connectivity index (χ2n) is 7.80. The molecule has 9 nitrogen and oxygen atoms in total. The smallest absolute Gasteiger partial charge is 0.316 e. The van der Waals surface area contributed by atoms with Crippen LogP contribution in [0.5, 0.6) is 6.01 Å². The van der Waals surface area contributed by atoms with Gasteiger partial charge in [-0.1, -0.05) is 0 Å². The molecule has 0 aromatic carbocycles. The number of nitrogens with zero attached hydrogens (tertiary/aromatic N) is 8. The molecule has 2 saturated heterocycles. The van der Waals surface area contributed by atoms with Crippen LogP contribution in [0.2, 0.25) is 0 Å². The van der Waals surface area contributed by atoms with Crippen LogP contribution in [0.4, 0.5) is 5.82 Å². The monoisotopic (exact) mass is 394 g/mol. The lowest BCUT2D eigenvalue weighted by atomic mass is 9.96. The second-order valence-corrected chi connectivity index (χ2v) is 7.80. The Morgan fingerprint density at radius 3 is 2.66 bits per heavy atom. The summed E-state index contributed by atoms with van der Waals surface area (Å²) in [5.74, 6) is 2.40. The zero-order valence-corrected chi connectivity index (χ0v) is 16.7. The summed E-state index contributed by atoms with van der Waals surface area (Å²) in [6.45, 7) is 4.98. The fraction of sp³-hybridized carbons (Fsp3) is 0.550. The predicted octanol–water partition coefficient (Wildman–Crippen LogP) is 1.90. The number of methoxy groups -OCH3 is 1. The van der Waals surface area contributed by atoms with Crippen molar-refractivity contribution in [1.29, 1.82) is 0 Å². The van der Waals surface area contributed by atoms with Crippen molar-refractivity contribution in [3.63, 3.8) is 0 Å². The maximum absolute atomic E-state index is 5.13. The number of aromatic nitrogens is 6. The minimum absolute atomic E-state index is 0.377. The average molecular weight is 394 g/mol. The number of rotatable bonds is 5. The minimum Gasteiger partial charge on any atom is -0.467 e. The van der Waals surface area contributed by atoms with Crippen molar-refractivity contribution in [3.8, 4) is 6.01 Å². The first-order chi connectivity index (χ1) is 14.3. The van der Waals surface area contributed by atoms with Gasteiger partial charge in [0.15, 0.2) is 11.5 Å². The molecule has 9 heteroatoms. The number of anilines is 1. The van der Waals surface area contributed by atoms with Crippen molar-refractivity contribution < 1.29 is 4.74 Å². The first kappa shape index (κ1) is 18.2. The molecule has 0 unspecified atom stereocenters. The van der Waals surface area contributed by atoms with Crippen LogP contribution >= 0.6 is 0 Å². The molecule has 0 spiro atoms. The van der Waals surface area contributed by atoms with E-state index >= 15 is 0 Å². The van der Waals surface area contributed by atoms with E-state index in [1.807, 2.05) is 16.6 Å². The number of hydrogen-bond acceptors (Lipinski definition) is 8. The minimum atomic E-state index is 0.377. The lowest BCUT2D eigenvalue weighted by Crippen LogP contribution is -2.33. The highest BCUT2D eigenvalue weighted by Crippen LogP contribution is 2.28. The Balaban J connectivity index is 1.27. The molecule has 2 aliphatic rings. The van der Waals surface area contributed by atoms with Gasteiger partial charge in [0.1, 0.15) is 5.82 Å². The van der Waals surface area contributed by atoms with Crippen LogP contribution in [0.25, 0.3) is 5.65 Å². The van der Waals surface area contributed by atoms with Gasteiger partial charge in [-0.25, -0.2) is 4.98 Å². The van der Waals surface area contributed by atoms with Crippen molar-refractivity contribution >= 4 is 11.5 Å². The van der Waals surface area contributed by atoms with Gasteiger partial charge in [0, 0.05) is 31.7 Å². The lowest BCUT2D eigenvalue weighted by molar-refractivity contribution is 0.198. The predicted molar refractivity (Wildman–Crippen MR) is 108 cm³/mol. The Morgan fingerprint density at radius 2 is 1.86 bits per heavy atom. The average Bonchev–Trinajstić information content (AvgIpc) is 3.44. The van der Waals surface area contributed by atoms with Crippen LogP contribution in [0, 0.1) is 0 Å². The maximum atomic E-state index is 5.13. The molecule has 0 bridgehead atoms. The number of ether oxygens (including phenoxy) is 1. The highest BCUT2D eigenvalue weighted by molar-refractivity contribution is 5.46. The first-order valence-corrected chi connectivity index (χ1v) is 10.4. The summed E-state index contributed by atoms with van der Waals surface area (Å²) in [7, 11) is 1.59. The standard InChI is InChI=1S/C20H26N8O/c1-29-20-21-9-6-16(22-20)14-26-12-7-15(8-13-26)19-24-23-17-4-5-18(25-28(17)19)27-10-2-3-11-27/h4-6,9,15H,2-3,7-8,10-14H2,1H3. The summed E-state index contributed by atoms with van der Waals surface area (Å²) >= 11 is 0. The van der Waals surface area contributed by atoms with E-state index < -0.39 is 0 Å². The Morgan fingerprint density at radius 1 is 1.03 bits per heavy atom. The second kappa shape index (κ2) is 7.90. The highest BCUT2D eigenvalue weighted by atomic mass is 16.5. The van der Waals surface area contributed by atoms with Gasteiger partial charge in [-0.05, 0) is 57.0 Å². The van der Waals surface area contributed by atoms with E-state index in [2.05, 4.69) is 36.0 Å². The molecule has 3 aromatic rings. The normalized spacial score (nSPS) is 18.6. The molecule has 29 heavy (non-hydrogen) atoms. The van der Waals surface area contributed by atoms with Crippen LogP contribution in [0.1, 0.15) is 43.1 Å². The molecule has 152 valence electrons. The molecule has 0 saturated carbocycles. The summed E-state index contributed by atoms with van der Waals surface area (Å²) in [6.07, 6.45) is 6.31. The van der Waals surface area contributed by atoms with Crippen LogP contribution < -0.4 is 9.64 Å². The van der Waals surface area contributed by atoms with Crippen molar-refractivity contribution in [2.45, 2.75) is 38.1 Å². The van der Waals surface area contributed by atoms with Gasteiger partial charge in [-0.15, -0.1) is 15.3 Å². The van der Waals surface area contributed by atoms with Gasteiger partial charge >= 0.3 is 6.01 Å².